The molecule has 4 amide bonds. The lowest BCUT2D eigenvalue weighted by atomic mass is 9.99. The normalized spacial score (nSPS) is 21.3. The minimum Gasteiger partial charge on any atom is -0.436 e. The van der Waals surface area contributed by atoms with Crippen LogP contribution in [0.15, 0.2) is 48.5 Å². The van der Waals surface area contributed by atoms with Gasteiger partial charge in [-0.05, 0) is 87.4 Å². The number of para-hydroxylation sites is 1. The maximum Gasteiger partial charge on any atom is 0.410 e. The summed E-state index contributed by atoms with van der Waals surface area (Å²) in [4.78, 5) is 48.4. The third-order valence-electron chi connectivity index (χ3n) is 9.91. The summed E-state index contributed by atoms with van der Waals surface area (Å²) < 4.78 is 6.01. The Morgan fingerprint density at radius 1 is 0.818 bits per heavy atom. The maximum atomic E-state index is 13.8. The molecule has 3 fully saturated rings. The summed E-state index contributed by atoms with van der Waals surface area (Å²) in [5.74, 6) is -0.122. The van der Waals surface area contributed by atoms with Crippen molar-refractivity contribution in [1.82, 2.24) is 19.6 Å². The van der Waals surface area contributed by atoms with Gasteiger partial charge in [0.15, 0.2) is 6.10 Å². The first kappa shape index (κ1) is 30.2. The zero-order valence-corrected chi connectivity index (χ0v) is 25.7. The van der Waals surface area contributed by atoms with Crippen molar-refractivity contribution in [1.29, 1.82) is 0 Å². The standard InChI is InChI=1S/C34H46N6O4/c35-27-10-8-25(9-11-27)24-31(32(41)38-19-13-28(14-20-38)37-17-4-1-5-18-37)44-34(43)39-21-15-29(16-22-39)40-23-12-26-6-2-3-7-30(26)36-33(40)42/h2-3,6-11,28-29,31H,1,4-5,12-24,35H2,(H,36,42)/t31-/m1/s1. The number of amides is 4. The highest BCUT2D eigenvalue weighted by Gasteiger charge is 2.36. The molecule has 0 bridgehead atoms. The van der Waals surface area contributed by atoms with Crippen LogP contribution in [0.2, 0.25) is 0 Å². The van der Waals surface area contributed by atoms with E-state index in [0.717, 1.165) is 49.2 Å². The molecule has 0 radical (unpaired) electrons. The fraction of sp³-hybridized carbons (Fsp3) is 0.559. The van der Waals surface area contributed by atoms with Crippen molar-refractivity contribution >= 4 is 29.4 Å². The number of rotatable bonds is 6. The third-order valence-corrected chi connectivity index (χ3v) is 9.91. The number of nitrogens with one attached hydrogen (secondary N) is 1. The molecule has 10 heteroatoms. The van der Waals surface area contributed by atoms with Gasteiger partial charge in [0, 0.05) is 62.6 Å². The smallest absolute Gasteiger partial charge is 0.410 e. The number of nitrogen functional groups attached to an aromatic ring is 1. The van der Waals surface area contributed by atoms with E-state index in [9.17, 15) is 14.4 Å². The average Bonchev–Trinajstić information content (AvgIpc) is 3.23. The number of hydrogen-bond donors (Lipinski definition) is 2. The SMILES string of the molecule is Nc1ccc(C[C@@H](OC(=O)N2CCC(N3CCc4ccccc4NC3=O)CC2)C(=O)N2CCC(N3CCCCC3)CC2)cc1. The second kappa shape index (κ2) is 13.9. The molecule has 1 atom stereocenters. The Labute approximate surface area is 260 Å². The Bertz CT molecular complexity index is 1300. The number of hydrogen-bond acceptors (Lipinski definition) is 6. The summed E-state index contributed by atoms with van der Waals surface area (Å²) in [5, 5.41) is 3.05. The summed E-state index contributed by atoms with van der Waals surface area (Å²) >= 11 is 0. The predicted molar refractivity (Wildman–Crippen MR) is 170 cm³/mol. The number of ether oxygens (including phenoxy) is 1. The summed E-state index contributed by atoms with van der Waals surface area (Å²) in [6.07, 6.45) is 6.81. The van der Waals surface area contributed by atoms with Crippen LogP contribution < -0.4 is 11.1 Å². The molecule has 3 saturated heterocycles. The fourth-order valence-corrected chi connectivity index (χ4v) is 7.28. The lowest BCUT2D eigenvalue weighted by Crippen LogP contribution is -2.53. The molecule has 0 saturated carbocycles. The largest absolute Gasteiger partial charge is 0.436 e. The number of anilines is 2. The van der Waals surface area contributed by atoms with Crippen molar-refractivity contribution in [3.8, 4) is 0 Å². The van der Waals surface area contributed by atoms with Crippen molar-refractivity contribution < 1.29 is 19.1 Å². The van der Waals surface area contributed by atoms with Gasteiger partial charge in [-0.25, -0.2) is 9.59 Å². The van der Waals surface area contributed by atoms with Gasteiger partial charge in [-0.1, -0.05) is 36.8 Å². The van der Waals surface area contributed by atoms with E-state index in [4.69, 9.17) is 10.5 Å². The molecular weight excluding hydrogens is 556 g/mol. The summed E-state index contributed by atoms with van der Waals surface area (Å²) in [6.45, 7) is 5.27. The highest BCUT2D eigenvalue weighted by Crippen LogP contribution is 2.26. The van der Waals surface area contributed by atoms with E-state index in [1.165, 1.54) is 19.3 Å². The molecule has 0 aromatic heterocycles. The van der Waals surface area contributed by atoms with Gasteiger partial charge >= 0.3 is 12.1 Å². The first-order valence-electron chi connectivity index (χ1n) is 16.4. The van der Waals surface area contributed by atoms with Crippen LogP contribution in [0.25, 0.3) is 0 Å². The van der Waals surface area contributed by atoms with Crippen molar-refractivity contribution in [3.05, 3.63) is 59.7 Å². The van der Waals surface area contributed by atoms with Gasteiger partial charge in [0.05, 0.1) is 0 Å². The molecule has 4 aliphatic rings. The topological polar surface area (TPSA) is 111 Å². The predicted octanol–water partition coefficient (Wildman–Crippen LogP) is 4.35. The van der Waals surface area contributed by atoms with Crippen LogP contribution in [0.3, 0.4) is 0 Å². The van der Waals surface area contributed by atoms with Gasteiger partial charge in [-0.15, -0.1) is 0 Å². The monoisotopic (exact) mass is 602 g/mol. The number of fused-ring (bicyclic) bond motifs is 1. The first-order chi connectivity index (χ1) is 21.4. The number of urea groups is 1. The van der Waals surface area contributed by atoms with Gasteiger partial charge < -0.3 is 35.4 Å². The van der Waals surface area contributed by atoms with E-state index in [2.05, 4.69) is 16.3 Å². The number of piperidine rings is 3. The van der Waals surface area contributed by atoms with Gasteiger partial charge in [-0.2, -0.15) is 0 Å². The van der Waals surface area contributed by atoms with E-state index in [0.29, 0.717) is 63.7 Å². The molecule has 44 heavy (non-hydrogen) atoms. The number of carbonyl (C=O) groups is 3. The Morgan fingerprint density at radius 2 is 1.48 bits per heavy atom. The molecule has 0 aliphatic carbocycles. The molecule has 2 aromatic carbocycles. The second-order valence-corrected chi connectivity index (χ2v) is 12.7. The fourth-order valence-electron chi connectivity index (χ4n) is 7.28. The number of benzene rings is 2. The van der Waals surface area contributed by atoms with E-state index < -0.39 is 12.2 Å². The molecule has 6 rings (SSSR count). The lowest BCUT2D eigenvalue weighted by molar-refractivity contribution is -0.142. The first-order valence-corrected chi connectivity index (χ1v) is 16.4. The maximum absolute atomic E-state index is 13.8. The molecule has 0 spiro atoms. The van der Waals surface area contributed by atoms with Crippen LogP contribution in [0, 0.1) is 0 Å². The highest BCUT2D eigenvalue weighted by atomic mass is 16.6. The van der Waals surface area contributed by atoms with E-state index in [1.54, 1.807) is 4.90 Å². The number of nitrogens with two attached hydrogens (primary N) is 1. The minimum absolute atomic E-state index is 0.0433. The Morgan fingerprint density at radius 3 is 2.20 bits per heavy atom. The zero-order valence-electron chi connectivity index (χ0n) is 25.7. The van der Waals surface area contributed by atoms with Crippen LogP contribution in [0.4, 0.5) is 21.0 Å². The molecule has 2 aromatic rings. The van der Waals surface area contributed by atoms with Crippen molar-refractivity contribution in [3.63, 3.8) is 0 Å². The molecule has 236 valence electrons. The summed E-state index contributed by atoms with van der Waals surface area (Å²) in [5.41, 5.74) is 9.45. The van der Waals surface area contributed by atoms with Gasteiger partial charge in [0.1, 0.15) is 0 Å². The van der Waals surface area contributed by atoms with Crippen LogP contribution in [0.1, 0.15) is 56.1 Å². The van der Waals surface area contributed by atoms with Gasteiger partial charge in [0.2, 0.25) is 0 Å². The van der Waals surface area contributed by atoms with Crippen LogP contribution in [-0.4, -0.2) is 102 Å². The summed E-state index contributed by atoms with van der Waals surface area (Å²) in [6, 6.07) is 15.8. The molecule has 0 unspecified atom stereocenters. The van der Waals surface area contributed by atoms with E-state index >= 15 is 0 Å². The van der Waals surface area contributed by atoms with Gasteiger partial charge in [0.25, 0.3) is 5.91 Å². The number of likely N-dealkylation sites (tertiary alicyclic amines) is 3. The van der Waals surface area contributed by atoms with Gasteiger partial charge in [-0.3, -0.25) is 4.79 Å². The molecule has 4 heterocycles. The van der Waals surface area contributed by atoms with Crippen molar-refractivity contribution in [2.75, 3.05) is 56.9 Å². The van der Waals surface area contributed by atoms with Crippen molar-refractivity contribution in [2.45, 2.75) is 76.0 Å². The zero-order chi connectivity index (χ0) is 30.5. The lowest BCUT2D eigenvalue weighted by Gasteiger charge is -2.41. The Hall–Kier alpha value is -3.79. The molecular formula is C34H46N6O4. The average molecular weight is 603 g/mol. The van der Waals surface area contributed by atoms with Crippen molar-refractivity contribution in [2.24, 2.45) is 0 Å². The Kier molecular flexibility index (Phi) is 9.54. The Balaban J connectivity index is 1.06. The van der Waals surface area contributed by atoms with Crippen LogP contribution in [-0.2, 0) is 22.4 Å². The number of carbonyl (C=O) groups excluding carboxylic acids is 3. The van der Waals surface area contributed by atoms with Crippen LogP contribution in [0.5, 0.6) is 0 Å². The number of nitrogens with zero attached hydrogens (tertiary/aromatic N) is 4. The quantitative estimate of drug-likeness (QED) is 0.476. The highest BCUT2D eigenvalue weighted by molar-refractivity contribution is 5.91. The molecule has 10 nitrogen and oxygen atoms in total. The third kappa shape index (κ3) is 7.12. The summed E-state index contributed by atoms with van der Waals surface area (Å²) in [7, 11) is 0. The molecule has 4 aliphatic heterocycles. The second-order valence-electron chi connectivity index (χ2n) is 12.7. The van der Waals surface area contributed by atoms with E-state index in [-0.39, 0.29) is 18.0 Å². The molecule has 3 N–H and O–H groups in total. The van der Waals surface area contributed by atoms with E-state index in [1.807, 2.05) is 52.3 Å². The minimum atomic E-state index is -0.898. The van der Waals surface area contributed by atoms with Crippen LogP contribution >= 0.6 is 0 Å².